The van der Waals surface area contributed by atoms with Gasteiger partial charge in [-0.3, -0.25) is 19.6 Å². The molecule has 0 saturated heterocycles. The second-order valence-corrected chi connectivity index (χ2v) is 7.04. The number of para-hydroxylation sites is 1. The van der Waals surface area contributed by atoms with Gasteiger partial charge in [-0.05, 0) is 55.3 Å². The van der Waals surface area contributed by atoms with Crippen LogP contribution in [0.25, 0.3) is 10.9 Å². The fraction of sp³-hybridized carbons (Fsp3) is 0.0833. The van der Waals surface area contributed by atoms with Crippen molar-refractivity contribution in [3.05, 3.63) is 95.4 Å². The Morgan fingerprint density at radius 1 is 0.767 bits per heavy atom. The van der Waals surface area contributed by atoms with Gasteiger partial charge in [0.15, 0.2) is 0 Å². The maximum atomic E-state index is 12.8. The van der Waals surface area contributed by atoms with E-state index in [1.165, 1.54) is 12.3 Å². The number of nitrogens with one attached hydrogen (secondary N) is 2. The molecule has 0 radical (unpaired) electrons. The number of aryl methyl sites for hydroxylation is 2. The Kier molecular flexibility index (Phi) is 5.22. The number of aromatic nitrogens is 2. The molecule has 6 nitrogen and oxygen atoms in total. The van der Waals surface area contributed by atoms with Crippen LogP contribution in [0.1, 0.15) is 32.0 Å². The van der Waals surface area contributed by atoms with E-state index in [4.69, 9.17) is 0 Å². The maximum absolute atomic E-state index is 12.8. The lowest BCUT2D eigenvalue weighted by atomic mass is 10.1. The summed E-state index contributed by atoms with van der Waals surface area (Å²) in [6, 6.07) is 18.2. The van der Waals surface area contributed by atoms with Gasteiger partial charge in [0.1, 0.15) is 5.69 Å². The minimum absolute atomic E-state index is 0.166. The maximum Gasteiger partial charge on any atom is 0.274 e. The van der Waals surface area contributed by atoms with Crippen molar-refractivity contribution in [1.82, 2.24) is 9.97 Å². The highest BCUT2D eigenvalue weighted by molar-refractivity contribution is 6.10. The van der Waals surface area contributed by atoms with E-state index in [9.17, 15) is 9.59 Å². The molecule has 0 spiro atoms. The van der Waals surface area contributed by atoms with Crippen LogP contribution < -0.4 is 10.6 Å². The van der Waals surface area contributed by atoms with Crippen LogP contribution in [0.5, 0.6) is 0 Å². The van der Waals surface area contributed by atoms with Crippen LogP contribution in [-0.2, 0) is 0 Å². The molecule has 2 aromatic heterocycles. The molecule has 30 heavy (non-hydrogen) atoms. The zero-order valence-corrected chi connectivity index (χ0v) is 16.6. The lowest BCUT2D eigenvalue weighted by Crippen LogP contribution is -2.17. The van der Waals surface area contributed by atoms with Crippen molar-refractivity contribution in [2.45, 2.75) is 13.8 Å². The molecule has 148 valence electrons. The minimum Gasteiger partial charge on any atom is -0.320 e. The summed E-state index contributed by atoms with van der Waals surface area (Å²) in [4.78, 5) is 33.9. The summed E-state index contributed by atoms with van der Waals surface area (Å²) >= 11 is 0. The van der Waals surface area contributed by atoms with Gasteiger partial charge in [0.2, 0.25) is 0 Å². The van der Waals surface area contributed by atoms with Gasteiger partial charge < -0.3 is 10.6 Å². The van der Waals surface area contributed by atoms with E-state index in [2.05, 4.69) is 20.6 Å². The van der Waals surface area contributed by atoms with Crippen molar-refractivity contribution < 1.29 is 9.59 Å². The summed E-state index contributed by atoms with van der Waals surface area (Å²) in [6.45, 7) is 3.88. The van der Waals surface area contributed by atoms with Gasteiger partial charge in [-0.2, -0.15) is 0 Å². The van der Waals surface area contributed by atoms with Crippen molar-refractivity contribution in [3.63, 3.8) is 0 Å². The first-order chi connectivity index (χ1) is 14.5. The number of rotatable bonds is 4. The van der Waals surface area contributed by atoms with E-state index < -0.39 is 0 Å². The number of hydrogen-bond acceptors (Lipinski definition) is 4. The van der Waals surface area contributed by atoms with E-state index in [-0.39, 0.29) is 17.5 Å². The second-order valence-electron chi connectivity index (χ2n) is 7.04. The van der Waals surface area contributed by atoms with Crippen LogP contribution in [0.2, 0.25) is 0 Å². The molecular formula is C24H20N4O2. The Morgan fingerprint density at radius 2 is 1.57 bits per heavy atom. The summed E-state index contributed by atoms with van der Waals surface area (Å²) in [5.74, 6) is -0.707. The van der Waals surface area contributed by atoms with E-state index >= 15 is 0 Å². The van der Waals surface area contributed by atoms with Gasteiger partial charge >= 0.3 is 0 Å². The largest absolute Gasteiger partial charge is 0.320 e. The Morgan fingerprint density at radius 3 is 2.43 bits per heavy atom. The van der Waals surface area contributed by atoms with Crippen molar-refractivity contribution in [1.29, 1.82) is 0 Å². The molecule has 2 N–H and O–H groups in total. The van der Waals surface area contributed by atoms with E-state index in [1.54, 1.807) is 18.3 Å². The fourth-order valence-electron chi connectivity index (χ4n) is 3.15. The number of carbonyl (C=O) groups is 2. The molecule has 0 aliphatic rings. The zero-order valence-electron chi connectivity index (χ0n) is 16.6. The molecule has 0 aliphatic carbocycles. The molecule has 0 atom stereocenters. The summed E-state index contributed by atoms with van der Waals surface area (Å²) in [7, 11) is 0. The number of benzene rings is 2. The predicted octanol–water partition coefficient (Wildman–Crippen LogP) is 4.75. The number of amides is 2. The van der Waals surface area contributed by atoms with Crippen LogP contribution in [0.3, 0.4) is 0 Å². The van der Waals surface area contributed by atoms with Crippen LogP contribution in [-0.4, -0.2) is 21.8 Å². The number of fused-ring (bicyclic) bond motifs is 1. The van der Waals surface area contributed by atoms with Crippen molar-refractivity contribution in [2.75, 3.05) is 10.6 Å². The molecule has 0 aliphatic heterocycles. The van der Waals surface area contributed by atoms with Crippen LogP contribution in [0.4, 0.5) is 11.4 Å². The van der Waals surface area contributed by atoms with Crippen LogP contribution in [0, 0.1) is 13.8 Å². The normalized spacial score (nSPS) is 10.6. The number of nitrogens with zero attached hydrogens (tertiary/aromatic N) is 2. The SMILES string of the molecule is Cc1ccc(C)c(NC(=O)c2cc(C(=O)Nc3cccc4cccnc34)ccn2)c1. The molecule has 0 unspecified atom stereocenters. The van der Waals surface area contributed by atoms with Crippen LogP contribution in [0.15, 0.2) is 73.1 Å². The Hall–Kier alpha value is -4.06. The van der Waals surface area contributed by atoms with Gasteiger partial charge in [-0.1, -0.05) is 30.3 Å². The lowest BCUT2D eigenvalue weighted by Gasteiger charge is -2.10. The number of anilines is 2. The Balaban J connectivity index is 1.56. The molecule has 0 bridgehead atoms. The molecule has 0 fully saturated rings. The highest BCUT2D eigenvalue weighted by atomic mass is 16.2. The lowest BCUT2D eigenvalue weighted by molar-refractivity contribution is 0.102. The molecule has 4 aromatic rings. The van der Waals surface area contributed by atoms with Crippen molar-refractivity contribution in [3.8, 4) is 0 Å². The molecular weight excluding hydrogens is 376 g/mol. The third kappa shape index (κ3) is 4.03. The molecule has 0 saturated carbocycles. The minimum atomic E-state index is -0.370. The first kappa shape index (κ1) is 19.3. The number of hydrogen-bond donors (Lipinski definition) is 2. The van der Waals surface area contributed by atoms with Gasteiger partial charge in [0.05, 0.1) is 11.2 Å². The standard InChI is InChI=1S/C24H20N4O2/c1-15-8-9-16(2)20(13-15)28-24(30)21-14-18(10-12-25-21)23(29)27-19-7-3-5-17-6-4-11-26-22(17)19/h3-14H,1-2H3,(H,27,29)(H,28,30). The highest BCUT2D eigenvalue weighted by Crippen LogP contribution is 2.22. The van der Waals surface area contributed by atoms with Crippen molar-refractivity contribution in [2.24, 2.45) is 0 Å². The van der Waals surface area contributed by atoms with Crippen LogP contribution >= 0.6 is 0 Å². The smallest absolute Gasteiger partial charge is 0.274 e. The van der Waals surface area contributed by atoms with Gasteiger partial charge in [-0.15, -0.1) is 0 Å². The van der Waals surface area contributed by atoms with E-state index in [0.29, 0.717) is 16.8 Å². The number of carbonyl (C=O) groups excluding carboxylic acids is 2. The number of pyridine rings is 2. The first-order valence-corrected chi connectivity index (χ1v) is 9.51. The third-order valence-electron chi connectivity index (χ3n) is 4.78. The van der Waals surface area contributed by atoms with Gasteiger partial charge in [-0.25, -0.2) is 0 Å². The molecule has 2 heterocycles. The van der Waals surface area contributed by atoms with Crippen molar-refractivity contribution >= 4 is 34.1 Å². The second kappa shape index (κ2) is 8.13. The van der Waals surface area contributed by atoms with E-state index in [1.807, 2.05) is 56.3 Å². The summed E-state index contributed by atoms with van der Waals surface area (Å²) in [5, 5.41) is 6.67. The predicted molar refractivity (Wildman–Crippen MR) is 118 cm³/mol. The highest BCUT2D eigenvalue weighted by Gasteiger charge is 2.14. The topological polar surface area (TPSA) is 84.0 Å². The Bertz CT molecular complexity index is 1260. The van der Waals surface area contributed by atoms with Gasteiger partial charge in [0, 0.05) is 29.0 Å². The monoisotopic (exact) mass is 396 g/mol. The zero-order chi connectivity index (χ0) is 21.1. The summed E-state index contributed by atoms with van der Waals surface area (Å²) in [6.07, 6.45) is 3.13. The summed E-state index contributed by atoms with van der Waals surface area (Å²) < 4.78 is 0. The average Bonchev–Trinajstić information content (AvgIpc) is 2.76. The fourth-order valence-corrected chi connectivity index (χ4v) is 3.15. The first-order valence-electron chi connectivity index (χ1n) is 9.51. The van der Waals surface area contributed by atoms with Gasteiger partial charge in [0.25, 0.3) is 11.8 Å². The molecule has 6 heteroatoms. The molecule has 2 amide bonds. The molecule has 4 rings (SSSR count). The third-order valence-corrected chi connectivity index (χ3v) is 4.78. The average molecular weight is 396 g/mol. The Labute approximate surface area is 174 Å². The van der Waals surface area contributed by atoms with E-state index in [0.717, 1.165) is 22.2 Å². The quantitative estimate of drug-likeness (QED) is 0.521. The summed E-state index contributed by atoms with van der Waals surface area (Å²) in [5.41, 5.74) is 4.53. The molecule has 2 aromatic carbocycles.